The van der Waals surface area contributed by atoms with Crippen molar-refractivity contribution in [2.24, 2.45) is 10.4 Å². The van der Waals surface area contributed by atoms with Crippen LogP contribution >= 0.6 is 24.0 Å². The zero-order valence-corrected chi connectivity index (χ0v) is 18.3. The lowest BCUT2D eigenvalue weighted by atomic mass is 9.67. The lowest BCUT2D eigenvalue weighted by Gasteiger charge is -2.40. The van der Waals surface area contributed by atoms with Crippen molar-refractivity contribution in [3.63, 3.8) is 0 Å². The van der Waals surface area contributed by atoms with Gasteiger partial charge < -0.3 is 15.4 Å². The van der Waals surface area contributed by atoms with Crippen LogP contribution in [0.3, 0.4) is 0 Å². The molecule has 142 valence electrons. The van der Waals surface area contributed by atoms with Crippen LogP contribution in [0.15, 0.2) is 29.3 Å². The fraction of sp³-hybridized carbons (Fsp3) is 0.650. The molecular formula is C20H34IN3O. The monoisotopic (exact) mass is 459 g/mol. The molecule has 0 saturated heterocycles. The van der Waals surface area contributed by atoms with Crippen molar-refractivity contribution in [2.45, 2.75) is 46.0 Å². The molecule has 0 radical (unpaired) electrons. The van der Waals surface area contributed by atoms with E-state index in [1.54, 1.807) is 7.11 Å². The van der Waals surface area contributed by atoms with E-state index in [2.05, 4.69) is 48.7 Å². The number of methoxy groups -OCH3 is 1. The van der Waals surface area contributed by atoms with Gasteiger partial charge in [0.25, 0.3) is 0 Å². The fourth-order valence-corrected chi connectivity index (χ4v) is 3.26. The number of hydrogen-bond donors (Lipinski definition) is 2. The first-order valence-electron chi connectivity index (χ1n) is 9.24. The smallest absolute Gasteiger partial charge is 0.191 e. The van der Waals surface area contributed by atoms with Gasteiger partial charge in [0, 0.05) is 33.4 Å². The SMILES string of the molecule is CCNC(=NCC1(CCOC)CCC1)NCCc1cccc(C)c1.I. The number of halogens is 1. The third-order valence-electron chi connectivity index (χ3n) is 4.96. The lowest BCUT2D eigenvalue weighted by molar-refractivity contribution is 0.0778. The van der Waals surface area contributed by atoms with Gasteiger partial charge in [-0.1, -0.05) is 36.2 Å². The molecule has 2 N–H and O–H groups in total. The normalized spacial score (nSPS) is 15.9. The molecule has 0 unspecified atom stereocenters. The van der Waals surface area contributed by atoms with E-state index in [0.29, 0.717) is 5.41 Å². The number of aliphatic imine (C=N–C) groups is 1. The van der Waals surface area contributed by atoms with Crippen molar-refractivity contribution < 1.29 is 4.74 Å². The zero-order valence-electron chi connectivity index (χ0n) is 15.9. The first-order valence-corrected chi connectivity index (χ1v) is 9.24. The van der Waals surface area contributed by atoms with E-state index < -0.39 is 0 Å². The largest absolute Gasteiger partial charge is 0.385 e. The van der Waals surface area contributed by atoms with Crippen molar-refractivity contribution in [1.29, 1.82) is 0 Å². The van der Waals surface area contributed by atoms with Crippen LogP contribution in [0.25, 0.3) is 0 Å². The van der Waals surface area contributed by atoms with Gasteiger partial charge in [-0.25, -0.2) is 0 Å². The third-order valence-corrected chi connectivity index (χ3v) is 4.96. The zero-order chi connectivity index (χ0) is 17.3. The van der Waals surface area contributed by atoms with Crippen molar-refractivity contribution in [2.75, 3.05) is 33.4 Å². The van der Waals surface area contributed by atoms with Crippen LogP contribution in [0, 0.1) is 12.3 Å². The quantitative estimate of drug-likeness (QED) is 0.334. The van der Waals surface area contributed by atoms with Crippen LogP contribution in [-0.4, -0.2) is 39.3 Å². The Bertz CT molecular complexity index is 529. The number of ether oxygens (including phenoxy) is 1. The molecule has 0 bridgehead atoms. The molecule has 1 aromatic rings. The topological polar surface area (TPSA) is 45.7 Å². The molecule has 1 aliphatic carbocycles. The molecule has 5 heteroatoms. The van der Waals surface area contributed by atoms with E-state index >= 15 is 0 Å². The Hall–Kier alpha value is -0.820. The van der Waals surface area contributed by atoms with E-state index in [1.807, 2.05) is 0 Å². The molecule has 0 amide bonds. The first kappa shape index (κ1) is 22.2. The summed E-state index contributed by atoms with van der Waals surface area (Å²) in [5, 5.41) is 6.84. The molecule has 1 saturated carbocycles. The molecular weight excluding hydrogens is 425 g/mol. The maximum Gasteiger partial charge on any atom is 0.191 e. The van der Waals surface area contributed by atoms with E-state index in [-0.39, 0.29) is 24.0 Å². The molecule has 4 nitrogen and oxygen atoms in total. The molecule has 0 heterocycles. The van der Waals surface area contributed by atoms with Gasteiger partial charge in [0.15, 0.2) is 5.96 Å². The van der Waals surface area contributed by atoms with E-state index in [9.17, 15) is 0 Å². The second-order valence-electron chi connectivity index (χ2n) is 6.96. The number of hydrogen-bond acceptors (Lipinski definition) is 2. The molecule has 0 aliphatic heterocycles. The van der Waals surface area contributed by atoms with Crippen molar-refractivity contribution in [3.05, 3.63) is 35.4 Å². The number of aryl methyl sites for hydroxylation is 1. The van der Waals surface area contributed by atoms with Gasteiger partial charge >= 0.3 is 0 Å². The van der Waals surface area contributed by atoms with E-state index in [4.69, 9.17) is 9.73 Å². The number of benzene rings is 1. The summed E-state index contributed by atoms with van der Waals surface area (Å²) in [6, 6.07) is 8.70. The lowest BCUT2D eigenvalue weighted by Crippen LogP contribution is -2.41. The highest BCUT2D eigenvalue weighted by Crippen LogP contribution is 2.44. The van der Waals surface area contributed by atoms with E-state index in [0.717, 1.165) is 45.0 Å². The molecule has 0 aromatic heterocycles. The van der Waals surface area contributed by atoms with Crippen LogP contribution in [0.5, 0.6) is 0 Å². The van der Waals surface area contributed by atoms with Crippen LogP contribution in [0.1, 0.15) is 43.7 Å². The van der Waals surface area contributed by atoms with Crippen molar-refractivity contribution >= 4 is 29.9 Å². The first-order chi connectivity index (χ1) is 11.7. The summed E-state index contributed by atoms with van der Waals surface area (Å²) in [5.74, 6) is 0.939. The third kappa shape index (κ3) is 7.52. The number of nitrogens with one attached hydrogen (secondary N) is 2. The van der Waals surface area contributed by atoms with Crippen molar-refractivity contribution in [3.8, 4) is 0 Å². The summed E-state index contributed by atoms with van der Waals surface area (Å²) in [6.45, 7) is 7.78. The number of rotatable bonds is 9. The average Bonchev–Trinajstić information content (AvgIpc) is 2.53. The minimum absolute atomic E-state index is 0. The van der Waals surface area contributed by atoms with Gasteiger partial charge in [-0.15, -0.1) is 24.0 Å². The molecule has 25 heavy (non-hydrogen) atoms. The minimum Gasteiger partial charge on any atom is -0.385 e. The van der Waals surface area contributed by atoms with Crippen molar-refractivity contribution in [1.82, 2.24) is 10.6 Å². The summed E-state index contributed by atoms with van der Waals surface area (Å²) in [7, 11) is 1.78. The summed E-state index contributed by atoms with van der Waals surface area (Å²) < 4.78 is 5.27. The summed E-state index contributed by atoms with van der Waals surface area (Å²) in [5.41, 5.74) is 3.06. The molecule has 1 aromatic carbocycles. The van der Waals surface area contributed by atoms with Crippen LogP contribution in [0.2, 0.25) is 0 Å². The molecule has 0 spiro atoms. The summed E-state index contributed by atoms with van der Waals surface area (Å²) in [6.07, 6.45) is 6.03. The Labute approximate surface area is 170 Å². The van der Waals surface area contributed by atoms with Gasteiger partial charge in [-0.05, 0) is 50.5 Å². The maximum absolute atomic E-state index is 5.27. The molecule has 2 rings (SSSR count). The minimum atomic E-state index is 0. The Morgan fingerprint density at radius 1 is 1.28 bits per heavy atom. The fourth-order valence-electron chi connectivity index (χ4n) is 3.26. The summed E-state index contributed by atoms with van der Waals surface area (Å²) >= 11 is 0. The Morgan fingerprint density at radius 2 is 2.08 bits per heavy atom. The van der Waals surface area contributed by atoms with Gasteiger partial charge in [0.05, 0.1) is 0 Å². The predicted octanol–water partition coefficient (Wildman–Crippen LogP) is 3.92. The second kappa shape index (κ2) is 11.7. The summed E-state index contributed by atoms with van der Waals surface area (Å²) in [4.78, 5) is 4.85. The Kier molecular flexibility index (Phi) is 10.4. The Balaban J connectivity index is 0.00000312. The highest BCUT2D eigenvalue weighted by Gasteiger charge is 2.36. The maximum atomic E-state index is 5.27. The number of nitrogens with zero attached hydrogens (tertiary/aromatic N) is 1. The van der Waals surface area contributed by atoms with Gasteiger partial charge in [-0.3, -0.25) is 4.99 Å². The van der Waals surface area contributed by atoms with Crippen LogP contribution in [-0.2, 0) is 11.2 Å². The number of guanidine groups is 1. The van der Waals surface area contributed by atoms with E-state index in [1.165, 1.54) is 30.4 Å². The Morgan fingerprint density at radius 3 is 2.68 bits per heavy atom. The second-order valence-corrected chi connectivity index (χ2v) is 6.96. The van der Waals surface area contributed by atoms with Gasteiger partial charge in [-0.2, -0.15) is 0 Å². The average molecular weight is 459 g/mol. The van der Waals surface area contributed by atoms with Gasteiger partial charge in [0.1, 0.15) is 0 Å². The molecule has 1 fully saturated rings. The van der Waals surface area contributed by atoms with Crippen LogP contribution < -0.4 is 10.6 Å². The molecule has 1 aliphatic rings. The predicted molar refractivity (Wildman–Crippen MR) is 117 cm³/mol. The molecule has 0 atom stereocenters. The highest BCUT2D eigenvalue weighted by molar-refractivity contribution is 14.0. The van der Waals surface area contributed by atoms with Gasteiger partial charge in [0.2, 0.25) is 0 Å². The highest BCUT2D eigenvalue weighted by atomic mass is 127. The van der Waals surface area contributed by atoms with Crippen LogP contribution in [0.4, 0.5) is 0 Å². The standard InChI is InChI=1S/C20H33N3O.HI/c1-4-21-19(22-13-9-18-8-5-7-17(2)15-18)23-16-20(10-6-11-20)12-14-24-3;/h5,7-8,15H,4,6,9-14,16H2,1-3H3,(H2,21,22,23);1H.